The summed E-state index contributed by atoms with van der Waals surface area (Å²) in [6.07, 6.45) is 5.33. The summed E-state index contributed by atoms with van der Waals surface area (Å²) < 4.78 is 41.0. The number of halogens is 4. The lowest BCUT2D eigenvalue weighted by atomic mass is 9.82. The molecule has 1 saturated heterocycles. The molecule has 1 fully saturated rings. The molecule has 202 valence electrons. The van der Waals surface area contributed by atoms with E-state index in [9.17, 15) is 13.2 Å². The van der Waals surface area contributed by atoms with Crippen LogP contribution in [-0.4, -0.2) is 46.2 Å². The second-order valence-corrected chi connectivity index (χ2v) is 9.66. The zero-order chi connectivity index (χ0) is 28.1. The molecular formula is C27H30ClF3N6O. The number of alkyl halides is 3. The molecule has 2 aromatic heterocycles. The molecule has 4 heterocycles. The summed E-state index contributed by atoms with van der Waals surface area (Å²) in [6.45, 7) is 4.86. The number of amides is 1. The number of hydrogen-bond donors (Lipinski definition) is 2. The number of likely N-dealkylation sites (tertiary alicyclic amines) is 1. The Hall–Kier alpha value is -3.55. The Bertz CT molecular complexity index is 1330. The first-order chi connectivity index (χ1) is 18.0. The summed E-state index contributed by atoms with van der Waals surface area (Å²) in [5.74, 6) is 2.03. The summed E-state index contributed by atoms with van der Waals surface area (Å²) in [7, 11) is 2.09. The van der Waals surface area contributed by atoms with Crippen LogP contribution in [0.25, 0.3) is 11.3 Å². The number of nitrogens with two attached hydrogens (primary N) is 2. The topological polar surface area (TPSA) is 103 Å². The summed E-state index contributed by atoms with van der Waals surface area (Å²) in [4.78, 5) is 14.6. The molecule has 38 heavy (non-hydrogen) atoms. The Morgan fingerprint density at radius 3 is 2.47 bits per heavy atom. The number of carbonyl (C=O) groups excluding carboxylic acids is 1. The first-order valence-corrected chi connectivity index (χ1v) is 12.4. The van der Waals surface area contributed by atoms with Gasteiger partial charge in [-0.15, -0.1) is 6.42 Å². The number of primary amides is 1. The predicted octanol–water partition coefficient (Wildman–Crippen LogP) is 4.51. The van der Waals surface area contributed by atoms with Crippen molar-refractivity contribution in [2.75, 3.05) is 25.9 Å². The van der Waals surface area contributed by atoms with E-state index >= 15 is 0 Å². The molecule has 0 saturated carbocycles. The van der Waals surface area contributed by atoms with Crippen molar-refractivity contribution in [3.8, 4) is 23.6 Å². The standard InChI is InChI=1S/C16H18F3N5.C10H9Cl.CH3NO/c1-23-4-2-15(9-23)3-5-24-13(15)7-12(22-24)10-6-11(16(17,18)19)14(20)21-8-10;1-3-8-5-6-9(4-2)10(11)7-8;2-1-3/h6-8H,2-5,9H2,1H3,(H2,20,21);1,5-7H,4H2,2H3;1H,(H2,2,3). The molecule has 5 rings (SSSR count). The number of fused-ring (bicyclic) bond motifs is 2. The molecular weight excluding hydrogens is 517 g/mol. The quantitative estimate of drug-likeness (QED) is 0.364. The smallest absolute Gasteiger partial charge is 0.383 e. The third-order valence-electron chi connectivity index (χ3n) is 6.79. The summed E-state index contributed by atoms with van der Waals surface area (Å²) in [5.41, 5.74) is 12.7. The Morgan fingerprint density at radius 2 is 1.92 bits per heavy atom. The summed E-state index contributed by atoms with van der Waals surface area (Å²) >= 11 is 5.91. The van der Waals surface area contributed by atoms with Gasteiger partial charge in [0.25, 0.3) is 0 Å². The van der Waals surface area contributed by atoms with Crippen LogP contribution in [0.2, 0.25) is 5.02 Å². The third kappa shape index (κ3) is 6.29. The van der Waals surface area contributed by atoms with Crippen molar-refractivity contribution in [3.63, 3.8) is 0 Å². The van der Waals surface area contributed by atoms with E-state index in [1.165, 1.54) is 6.20 Å². The zero-order valence-electron chi connectivity index (χ0n) is 21.2. The van der Waals surface area contributed by atoms with Crippen molar-refractivity contribution in [2.45, 2.75) is 44.3 Å². The van der Waals surface area contributed by atoms with E-state index in [-0.39, 0.29) is 11.8 Å². The van der Waals surface area contributed by atoms with Crippen LogP contribution < -0.4 is 11.5 Å². The number of rotatable bonds is 2. The van der Waals surface area contributed by atoms with Gasteiger partial charge in [0.1, 0.15) is 5.82 Å². The number of anilines is 1. The second kappa shape index (κ2) is 11.9. The highest BCUT2D eigenvalue weighted by Gasteiger charge is 2.44. The highest BCUT2D eigenvalue weighted by atomic mass is 35.5. The van der Waals surface area contributed by atoms with Crippen molar-refractivity contribution in [1.82, 2.24) is 19.7 Å². The normalized spacial score (nSPS) is 18.1. The molecule has 1 atom stereocenters. The number of pyridine rings is 1. The van der Waals surface area contributed by atoms with Gasteiger partial charge in [-0.1, -0.05) is 30.5 Å². The number of nitrogen functional groups attached to an aromatic ring is 1. The Morgan fingerprint density at radius 1 is 1.24 bits per heavy atom. The van der Waals surface area contributed by atoms with E-state index in [2.05, 4.69) is 40.6 Å². The van der Waals surface area contributed by atoms with Crippen LogP contribution in [0.3, 0.4) is 0 Å². The van der Waals surface area contributed by atoms with Gasteiger partial charge in [-0.25, -0.2) is 4.98 Å². The number of terminal acetylenes is 1. The average Bonchev–Trinajstić information content (AvgIpc) is 3.56. The molecule has 11 heteroatoms. The van der Waals surface area contributed by atoms with E-state index in [0.717, 1.165) is 66.8 Å². The summed E-state index contributed by atoms with van der Waals surface area (Å²) in [6, 6.07) is 8.65. The van der Waals surface area contributed by atoms with Gasteiger partial charge >= 0.3 is 6.18 Å². The molecule has 1 unspecified atom stereocenters. The van der Waals surface area contributed by atoms with Gasteiger partial charge in [0, 0.05) is 46.5 Å². The van der Waals surface area contributed by atoms with Crippen LogP contribution in [-0.2, 0) is 29.4 Å². The van der Waals surface area contributed by atoms with Crippen molar-refractivity contribution >= 4 is 23.8 Å². The number of nitrogens with zero attached hydrogens (tertiary/aromatic N) is 4. The monoisotopic (exact) mass is 546 g/mol. The lowest BCUT2D eigenvalue weighted by molar-refractivity contribution is -0.137. The minimum absolute atomic E-state index is 0.0775. The average molecular weight is 547 g/mol. The van der Waals surface area contributed by atoms with Crippen molar-refractivity contribution in [3.05, 3.63) is 63.9 Å². The fraction of sp³-hybridized carbons (Fsp3) is 0.370. The molecule has 0 bridgehead atoms. The molecule has 1 amide bonds. The van der Waals surface area contributed by atoms with Crippen LogP contribution in [0.4, 0.5) is 19.0 Å². The van der Waals surface area contributed by atoms with Gasteiger partial charge in [-0.3, -0.25) is 9.48 Å². The number of aromatic nitrogens is 3. The van der Waals surface area contributed by atoms with Gasteiger partial charge < -0.3 is 16.4 Å². The van der Waals surface area contributed by atoms with Gasteiger partial charge in [0.15, 0.2) is 0 Å². The zero-order valence-corrected chi connectivity index (χ0v) is 22.0. The number of hydrogen-bond acceptors (Lipinski definition) is 5. The SMILES string of the molecule is C#Cc1ccc(CC)c(Cl)c1.CN1CCC2(CCn3nc(-c4cnc(N)c(C(F)(F)F)c4)cc32)C1.NC=O. The lowest BCUT2D eigenvalue weighted by Crippen LogP contribution is -2.26. The third-order valence-corrected chi connectivity index (χ3v) is 7.14. The van der Waals surface area contributed by atoms with Crippen LogP contribution in [0.5, 0.6) is 0 Å². The van der Waals surface area contributed by atoms with Gasteiger partial charge in [-0.2, -0.15) is 18.3 Å². The van der Waals surface area contributed by atoms with E-state index in [1.807, 2.05) is 28.9 Å². The van der Waals surface area contributed by atoms with Crippen molar-refractivity contribution in [2.24, 2.45) is 5.73 Å². The largest absolute Gasteiger partial charge is 0.419 e. The molecule has 0 radical (unpaired) electrons. The van der Waals surface area contributed by atoms with E-state index in [0.29, 0.717) is 11.3 Å². The maximum absolute atomic E-state index is 13.0. The fourth-order valence-corrected chi connectivity index (χ4v) is 5.18. The minimum atomic E-state index is -4.52. The predicted molar refractivity (Wildman–Crippen MR) is 142 cm³/mol. The Kier molecular flexibility index (Phi) is 9.07. The summed E-state index contributed by atoms with van der Waals surface area (Å²) in [5, 5.41) is 5.27. The van der Waals surface area contributed by atoms with Crippen molar-refractivity contribution in [1.29, 1.82) is 0 Å². The van der Waals surface area contributed by atoms with Gasteiger partial charge in [0.2, 0.25) is 6.41 Å². The minimum Gasteiger partial charge on any atom is -0.383 e. The first kappa shape index (κ1) is 29.0. The number of carbonyl (C=O) groups is 1. The maximum atomic E-state index is 13.0. The number of benzene rings is 1. The van der Waals surface area contributed by atoms with E-state index < -0.39 is 17.6 Å². The highest BCUT2D eigenvalue weighted by molar-refractivity contribution is 6.31. The lowest BCUT2D eigenvalue weighted by Gasteiger charge is -2.21. The molecule has 2 aliphatic rings. The Balaban J connectivity index is 0.000000239. The molecule has 2 aliphatic heterocycles. The molecule has 1 aromatic carbocycles. The second-order valence-electron chi connectivity index (χ2n) is 9.25. The molecule has 3 aromatic rings. The first-order valence-electron chi connectivity index (χ1n) is 12.0. The van der Waals surface area contributed by atoms with Crippen LogP contribution in [0, 0.1) is 12.3 Å². The van der Waals surface area contributed by atoms with Crippen molar-refractivity contribution < 1.29 is 18.0 Å². The van der Waals surface area contributed by atoms with Crippen LogP contribution >= 0.6 is 11.6 Å². The molecule has 7 nitrogen and oxygen atoms in total. The van der Waals surface area contributed by atoms with E-state index in [4.69, 9.17) is 28.6 Å². The van der Waals surface area contributed by atoms with Gasteiger partial charge in [0.05, 0.1) is 11.3 Å². The van der Waals surface area contributed by atoms with E-state index in [1.54, 1.807) is 0 Å². The molecule has 4 N–H and O–H groups in total. The molecule has 0 aliphatic carbocycles. The van der Waals surface area contributed by atoms with Crippen LogP contribution in [0.15, 0.2) is 36.5 Å². The maximum Gasteiger partial charge on any atom is 0.419 e. The van der Waals surface area contributed by atoms with Gasteiger partial charge in [-0.05, 0) is 62.7 Å². The molecule has 1 spiro atoms. The number of likely N-dealkylation sites (N-methyl/N-ethyl adjacent to an activating group) is 1. The highest BCUT2D eigenvalue weighted by Crippen LogP contribution is 2.43. The fourth-order valence-electron chi connectivity index (χ4n) is 4.86. The van der Waals surface area contributed by atoms with Crippen LogP contribution in [0.1, 0.15) is 42.1 Å². The number of aryl methyl sites for hydroxylation is 2. The Labute approximate surface area is 225 Å².